The maximum Gasteiger partial charge on any atom is 0.293 e. The van der Waals surface area contributed by atoms with Crippen LogP contribution in [0.4, 0.5) is 9.52 Å². The zero-order valence-electron chi connectivity index (χ0n) is 14.3. The second-order valence-electron chi connectivity index (χ2n) is 5.83. The molecule has 0 unspecified atom stereocenters. The molecule has 5 nitrogen and oxygen atoms in total. The third kappa shape index (κ3) is 4.40. The first-order valence-electron chi connectivity index (χ1n) is 8.13. The van der Waals surface area contributed by atoms with Crippen molar-refractivity contribution in [2.75, 3.05) is 5.32 Å². The Hall–Kier alpha value is -2.52. The minimum Gasteiger partial charge on any atom is -0.451 e. The summed E-state index contributed by atoms with van der Waals surface area (Å²) in [7, 11) is 0. The summed E-state index contributed by atoms with van der Waals surface area (Å²) in [6, 6.07) is 12.5. The highest BCUT2D eigenvalue weighted by Crippen LogP contribution is 2.30. The standard InChI is InChI=1S/C19H10Cl2FN3O2S2/c20-11-3-1-9(7-12(11)21)14-5-6-15(27-14)17(26)24-18(28)25-19-23-13-4-2-10(22)8-16(13)29-19/h1-8H,(H2,23,24,25,26,28). The summed E-state index contributed by atoms with van der Waals surface area (Å²) in [6.07, 6.45) is 0. The number of amides is 1. The van der Waals surface area contributed by atoms with Gasteiger partial charge in [-0.2, -0.15) is 0 Å². The predicted molar refractivity (Wildman–Crippen MR) is 117 cm³/mol. The Labute approximate surface area is 183 Å². The van der Waals surface area contributed by atoms with E-state index in [1.54, 1.807) is 30.3 Å². The van der Waals surface area contributed by atoms with Crippen molar-refractivity contribution in [3.63, 3.8) is 0 Å². The highest BCUT2D eigenvalue weighted by Gasteiger charge is 2.15. The van der Waals surface area contributed by atoms with E-state index in [1.165, 1.54) is 29.5 Å². The lowest BCUT2D eigenvalue weighted by atomic mass is 10.2. The monoisotopic (exact) mass is 465 g/mol. The number of aromatic nitrogens is 1. The molecule has 146 valence electrons. The molecule has 0 spiro atoms. The van der Waals surface area contributed by atoms with Gasteiger partial charge in [-0.25, -0.2) is 9.37 Å². The highest BCUT2D eigenvalue weighted by atomic mass is 35.5. The molecule has 0 aliphatic rings. The molecule has 2 N–H and O–H groups in total. The van der Waals surface area contributed by atoms with Crippen LogP contribution < -0.4 is 10.6 Å². The molecule has 2 aromatic carbocycles. The molecule has 0 saturated heterocycles. The molecule has 4 rings (SSSR count). The number of furan rings is 1. The lowest BCUT2D eigenvalue weighted by Gasteiger charge is -2.05. The van der Waals surface area contributed by atoms with Gasteiger partial charge in [-0.05, 0) is 60.7 Å². The molecule has 10 heteroatoms. The van der Waals surface area contributed by atoms with Crippen LogP contribution in [-0.4, -0.2) is 16.0 Å². The number of nitrogens with zero attached hydrogens (tertiary/aromatic N) is 1. The Balaban J connectivity index is 1.44. The van der Waals surface area contributed by atoms with Crippen LogP contribution in [0.25, 0.3) is 21.5 Å². The number of carbonyl (C=O) groups is 1. The van der Waals surface area contributed by atoms with Crippen LogP contribution in [0, 0.1) is 5.82 Å². The number of carbonyl (C=O) groups excluding carboxylic acids is 1. The molecule has 0 aliphatic heterocycles. The maximum absolute atomic E-state index is 13.3. The minimum atomic E-state index is -0.527. The number of hydrogen-bond donors (Lipinski definition) is 2. The normalized spacial score (nSPS) is 10.9. The number of thiazole rings is 1. The van der Waals surface area contributed by atoms with Crippen LogP contribution in [0.2, 0.25) is 10.0 Å². The third-order valence-electron chi connectivity index (χ3n) is 3.83. The molecule has 4 aromatic rings. The average Bonchev–Trinajstić information content (AvgIpc) is 3.30. The van der Waals surface area contributed by atoms with Crippen molar-refractivity contribution < 1.29 is 13.6 Å². The van der Waals surface area contributed by atoms with E-state index in [1.807, 2.05) is 0 Å². The smallest absolute Gasteiger partial charge is 0.293 e. The van der Waals surface area contributed by atoms with Gasteiger partial charge in [0, 0.05) is 5.56 Å². The van der Waals surface area contributed by atoms with E-state index in [0.717, 1.165) is 0 Å². The van der Waals surface area contributed by atoms with Crippen LogP contribution in [0.15, 0.2) is 52.9 Å². The second-order valence-corrected chi connectivity index (χ2v) is 8.09. The molecule has 0 radical (unpaired) electrons. The molecule has 2 heterocycles. The van der Waals surface area contributed by atoms with Crippen molar-refractivity contribution in [1.29, 1.82) is 0 Å². The fourth-order valence-corrected chi connectivity index (χ4v) is 3.96. The van der Waals surface area contributed by atoms with Gasteiger partial charge in [-0.15, -0.1) is 0 Å². The Kier molecular flexibility index (Phi) is 5.51. The van der Waals surface area contributed by atoms with E-state index >= 15 is 0 Å². The number of benzene rings is 2. The van der Waals surface area contributed by atoms with E-state index in [9.17, 15) is 9.18 Å². The Morgan fingerprint density at radius 3 is 2.72 bits per heavy atom. The first kappa shape index (κ1) is 19.8. The summed E-state index contributed by atoms with van der Waals surface area (Å²) in [5, 5.41) is 6.62. The van der Waals surface area contributed by atoms with Crippen molar-refractivity contribution in [1.82, 2.24) is 10.3 Å². The zero-order valence-corrected chi connectivity index (χ0v) is 17.5. The summed E-state index contributed by atoms with van der Waals surface area (Å²) in [6.45, 7) is 0. The molecular formula is C19H10Cl2FN3O2S2. The molecular weight excluding hydrogens is 456 g/mol. The number of thiocarbonyl (C=S) groups is 1. The van der Waals surface area contributed by atoms with E-state index in [4.69, 9.17) is 39.8 Å². The van der Waals surface area contributed by atoms with Gasteiger partial charge in [-0.1, -0.05) is 34.5 Å². The maximum atomic E-state index is 13.3. The van der Waals surface area contributed by atoms with Crippen LogP contribution in [-0.2, 0) is 0 Å². The van der Waals surface area contributed by atoms with E-state index < -0.39 is 5.91 Å². The quantitative estimate of drug-likeness (QED) is 0.356. The van der Waals surface area contributed by atoms with Gasteiger partial charge in [0.2, 0.25) is 0 Å². The summed E-state index contributed by atoms with van der Waals surface area (Å²) in [4.78, 5) is 16.7. The van der Waals surface area contributed by atoms with Crippen LogP contribution in [0.5, 0.6) is 0 Å². The summed E-state index contributed by atoms with van der Waals surface area (Å²) in [5.41, 5.74) is 1.31. The average molecular weight is 466 g/mol. The Bertz CT molecular complexity index is 1260. The van der Waals surface area contributed by atoms with E-state index in [0.29, 0.717) is 36.7 Å². The molecule has 0 saturated carbocycles. The third-order valence-corrected chi connectivity index (χ3v) is 5.71. The van der Waals surface area contributed by atoms with Crippen LogP contribution in [0.3, 0.4) is 0 Å². The van der Waals surface area contributed by atoms with Gasteiger partial charge in [0.15, 0.2) is 16.0 Å². The fraction of sp³-hybridized carbons (Fsp3) is 0. The number of fused-ring (bicyclic) bond motifs is 1. The van der Waals surface area contributed by atoms with Gasteiger partial charge in [0.25, 0.3) is 5.91 Å². The molecule has 29 heavy (non-hydrogen) atoms. The van der Waals surface area contributed by atoms with E-state index in [-0.39, 0.29) is 16.7 Å². The second kappa shape index (κ2) is 8.08. The first-order chi connectivity index (χ1) is 13.9. The molecule has 1 amide bonds. The predicted octanol–water partition coefficient (Wildman–Crippen LogP) is 6.13. The Morgan fingerprint density at radius 1 is 1.10 bits per heavy atom. The van der Waals surface area contributed by atoms with Crippen molar-refractivity contribution in [3.8, 4) is 11.3 Å². The molecule has 0 bridgehead atoms. The number of halogens is 3. The summed E-state index contributed by atoms with van der Waals surface area (Å²) < 4.78 is 19.5. The van der Waals surface area contributed by atoms with Crippen LogP contribution >= 0.6 is 46.8 Å². The molecule has 0 aliphatic carbocycles. The Morgan fingerprint density at radius 2 is 1.93 bits per heavy atom. The largest absolute Gasteiger partial charge is 0.451 e. The number of hydrogen-bond acceptors (Lipinski definition) is 5. The molecule has 2 aromatic heterocycles. The van der Waals surface area contributed by atoms with Gasteiger partial charge >= 0.3 is 0 Å². The fourth-order valence-electron chi connectivity index (χ4n) is 2.51. The number of rotatable bonds is 3. The summed E-state index contributed by atoms with van der Waals surface area (Å²) >= 11 is 18.3. The number of nitrogens with one attached hydrogen (secondary N) is 2. The zero-order chi connectivity index (χ0) is 20.5. The lowest BCUT2D eigenvalue weighted by molar-refractivity contribution is 0.0951. The van der Waals surface area contributed by atoms with E-state index in [2.05, 4.69) is 15.6 Å². The van der Waals surface area contributed by atoms with Crippen molar-refractivity contribution in [3.05, 3.63) is 70.2 Å². The van der Waals surface area contributed by atoms with Crippen molar-refractivity contribution in [2.45, 2.75) is 0 Å². The molecule has 0 atom stereocenters. The highest BCUT2D eigenvalue weighted by molar-refractivity contribution is 7.80. The van der Waals surface area contributed by atoms with Crippen molar-refractivity contribution >= 4 is 73.1 Å². The van der Waals surface area contributed by atoms with Gasteiger partial charge < -0.3 is 9.73 Å². The molecule has 0 fully saturated rings. The topological polar surface area (TPSA) is 67.2 Å². The first-order valence-corrected chi connectivity index (χ1v) is 10.1. The van der Waals surface area contributed by atoms with Crippen LogP contribution in [0.1, 0.15) is 10.6 Å². The lowest BCUT2D eigenvalue weighted by Crippen LogP contribution is -2.33. The van der Waals surface area contributed by atoms with Gasteiger partial charge in [-0.3, -0.25) is 10.1 Å². The summed E-state index contributed by atoms with van der Waals surface area (Å²) in [5.74, 6) is -0.345. The van der Waals surface area contributed by atoms with Gasteiger partial charge in [0.05, 0.1) is 20.3 Å². The van der Waals surface area contributed by atoms with Gasteiger partial charge in [0.1, 0.15) is 11.6 Å². The SMILES string of the molecule is O=C(NC(=S)Nc1nc2ccc(F)cc2s1)c1ccc(-c2ccc(Cl)c(Cl)c2)o1. The van der Waals surface area contributed by atoms with Crippen molar-refractivity contribution in [2.24, 2.45) is 0 Å². The minimum absolute atomic E-state index is 0.0435. The number of anilines is 1.